The number of para-hydroxylation sites is 2. The molecular formula is C23H23FN4O3S. The molecule has 2 aliphatic rings. The van der Waals surface area contributed by atoms with E-state index in [0.717, 1.165) is 18.6 Å². The molecule has 5 rings (SSSR count). The highest BCUT2D eigenvalue weighted by Gasteiger charge is 2.31. The van der Waals surface area contributed by atoms with Crippen LogP contribution in [0, 0.1) is 5.82 Å². The first-order chi connectivity index (χ1) is 15.6. The van der Waals surface area contributed by atoms with Gasteiger partial charge in [0.05, 0.1) is 17.9 Å². The zero-order chi connectivity index (χ0) is 22.1. The molecule has 0 spiro atoms. The van der Waals surface area contributed by atoms with Gasteiger partial charge in [-0.3, -0.25) is 9.36 Å². The molecule has 1 saturated carbocycles. The third-order valence-corrected chi connectivity index (χ3v) is 6.41. The maximum Gasteiger partial charge on any atom is 0.232 e. The van der Waals surface area contributed by atoms with E-state index >= 15 is 0 Å². The quantitative estimate of drug-likeness (QED) is 0.506. The van der Waals surface area contributed by atoms with E-state index < -0.39 is 0 Å². The Morgan fingerprint density at radius 1 is 1.16 bits per heavy atom. The molecule has 9 heteroatoms. The molecule has 1 aromatic heterocycles. The van der Waals surface area contributed by atoms with Gasteiger partial charge in [0.1, 0.15) is 12.4 Å². The van der Waals surface area contributed by atoms with Gasteiger partial charge < -0.3 is 14.4 Å². The van der Waals surface area contributed by atoms with Gasteiger partial charge in [0.2, 0.25) is 5.91 Å². The molecule has 1 amide bonds. The number of hydrogen-bond acceptors (Lipinski definition) is 6. The Hall–Kier alpha value is -3.07. The number of aromatic nitrogens is 3. The molecule has 7 nitrogen and oxygen atoms in total. The van der Waals surface area contributed by atoms with Crippen molar-refractivity contribution in [1.29, 1.82) is 0 Å². The topological polar surface area (TPSA) is 69.5 Å². The van der Waals surface area contributed by atoms with Gasteiger partial charge in [0.25, 0.3) is 0 Å². The molecule has 1 aliphatic heterocycles. The second-order valence-electron chi connectivity index (χ2n) is 7.95. The first-order valence-electron chi connectivity index (χ1n) is 10.5. The van der Waals surface area contributed by atoms with Gasteiger partial charge in [0, 0.05) is 13.1 Å². The fourth-order valence-electron chi connectivity index (χ4n) is 3.66. The van der Waals surface area contributed by atoms with Crippen LogP contribution in [-0.2, 0) is 4.79 Å². The number of ether oxygens (including phenoxy) is 2. The molecule has 2 heterocycles. The SMILES string of the molecule is CN(C[C@@H]1COc2ccccc2O1)C(=O)CSc1nnc(-c2ccccc2F)n1C1CC1. The summed E-state index contributed by atoms with van der Waals surface area (Å²) in [5.74, 6) is 1.76. The summed E-state index contributed by atoms with van der Waals surface area (Å²) in [5.41, 5.74) is 0.428. The molecule has 3 aromatic rings. The minimum absolute atomic E-state index is 0.0461. The second kappa shape index (κ2) is 8.82. The van der Waals surface area contributed by atoms with Gasteiger partial charge >= 0.3 is 0 Å². The Morgan fingerprint density at radius 3 is 2.69 bits per heavy atom. The summed E-state index contributed by atoms with van der Waals surface area (Å²) in [7, 11) is 1.75. The Morgan fingerprint density at radius 2 is 1.91 bits per heavy atom. The first kappa shape index (κ1) is 20.8. The lowest BCUT2D eigenvalue weighted by molar-refractivity contribution is -0.128. The number of rotatable bonds is 7. The van der Waals surface area contributed by atoms with Crippen LogP contribution < -0.4 is 9.47 Å². The molecule has 0 bridgehead atoms. The number of thioether (sulfide) groups is 1. The van der Waals surface area contributed by atoms with Crippen molar-refractivity contribution in [3.63, 3.8) is 0 Å². The number of halogens is 1. The van der Waals surface area contributed by atoms with E-state index in [1.165, 1.54) is 17.8 Å². The maximum absolute atomic E-state index is 14.3. The highest BCUT2D eigenvalue weighted by atomic mass is 32.2. The summed E-state index contributed by atoms with van der Waals surface area (Å²) >= 11 is 1.33. The van der Waals surface area contributed by atoms with Crippen molar-refractivity contribution >= 4 is 17.7 Å². The van der Waals surface area contributed by atoms with Crippen LogP contribution in [0.4, 0.5) is 4.39 Å². The Kier molecular flexibility index (Phi) is 5.73. The molecular weight excluding hydrogens is 431 g/mol. The van der Waals surface area contributed by atoms with E-state index in [9.17, 15) is 9.18 Å². The van der Waals surface area contributed by atoms with Crippen LogP contribution in [0.2, 0.25) is 0 Å². The van der Waals surface area contributed by atoms with Crippen LogP contribution in [-0.4, -0.2) is 57.6 Å². The van der Waals surface area contributed by atoms with E-state index in [1.807, 2.05) is 28.8 Å². The van der Waals surface area contributed by atoms with E-state index in [-0.39, 0.29) is 29.6 Å². The third-order valence-electron chi connectivity index (χ3n) is 5.49. The van der Waals surface area contributed by atoms with Crippen LogP contribution in [0.3, 0.4) is 0 Å². The van der Waals surface area contributed by atoms with Crippen molar-refractivity contribution in [3.8, 4) is 22.9 Å². The van der Waals surface area contributed by atoms with E-state index in [4.69, 9.17) is 9.47 Å². The number of fused-ring (bicyclic) bond motifs is 1. The lowest BCUT2D eigenvalue weighted by atomic mass is 10.2. The predicted molar refractivity (Wildman–Crippen MR) is 118 cm³/mol. The normalized spacial score (nSPS) is 17.2. The van der Waals surface area contributed by atoms with Gasteiger partial charge in [-0.2, -0.15) is 0 Å². The fraction of sp³-hybridized carbons (Fsp3) is 0.348. The zero-order valence-electron chi connectivity index (χ0n) is 17.6. The van der Waals surface area contributed by atoms with Gasteiger partial charge in [0.15, 0.2) is 28.6 Å². The molecule has 1 fully saturated rings. The number of carbonyl (C=O) groups excluding carboxylic acids is 1. The fourth-order valence-corrected chi connectivity index (χ4v) is 4.61. The molecule has 2 aromatic carbocycles. The van der Waals surface area contributed by atoms with Gasteiger partial charge in [-0.15, -0.1) is 10.2 Å². The highest BCUT2D eigenvalue weighted by Crippen LogP contribution is 2.41. The van der Waals surface area contributed by atoms with Gasteiger partial charge in [-0.05, 0) is 37.1 Å². The van der Waals surface area contributed by atoms with E-state index in [1.54, 1.807) is 30.1 Å². The Balaban J connectivity index is 1.22. The monoisotopic (exact) mass is 454 g/mol. The molecule has 0 radical (unpaired) electrons. The number of carbonyl (C=O) groups is 1. The van der Waals surface area contributed by atoms with Crippen LogP contribution >= 0.6 is 11.8 Å². The zero-order valence-corrected chi connectivity index (χ0v) is 18.4. The van der Waals surface area contributed by atoms with Crippen molar-refractivity contribution in [1.82, 2.24) is 19.7 Å². The minimum Gasteiger partial charge on any atom is -0.486 e. The molecule has 0 unspecified atom stereocenters. The largest absolute Gasteiger partial charge is 0.486 e. The van der Waals surface area contributed by atoms with Crippen molar-refractivity contribution in [2.45, 2.75) is 30.1 Å². The molecule has 0 N–H and O–H groups in total. The van der Waals surface area contributed by atoms with Crippen LogP contribution in [0.15, 0.2) is 53.7 Å². The second-order valence-corrected chi connectivity index (χ2v) is 8.89. The number of amides is 1. The van der Waals surface area contributed by atoms with Crippen molar-refractivity contribution in [3.05, 3.63) is 54.3 Å². The van der Waals surface area contributed by atoms with Crippen LogP contribution in [0.25, 0.3) is 11.4 Å². The van der Waals surface area contributed by atoms with E-state index in [0.29, 0.717) is 35.4 Å². The van der Waals surface area contributed by atoms with Crippen molar-refractivity contribution in [2.75, 3.05) is 26.0 Å². The van der Waals surface area contributed by atoms with Crippen molar-refractivity contribution < 1.29 is 18.7 Å². The molecule has 32 heavy (non-hydrogen) atoms. The number of nitrogens with zero attached hydrogens (tertiary/aromatic N) is 4. The Labute approximate surface area is 189 Å². The Bertz CT molecular complexity index is 1130. The molecule has 1 atom stereocenters. The number of benzene rings is 2. The lowest BCUT2D eigenvalue weighted by Gasteiger charge is -2.29. The number of hydrogen-bond donors (Lipinski definition) is 0. The highest BCUT2D eigenvalue weighted by molar-refractivity contribution is 7.99. The first-order valence-corrected chi connectivity index (χ1v) is 11.5. The third kappa shape index (κ3) is 4.29. The van der Waals surface area contributed by atoms with Gasteiger partial charge in [-0.1, -0.05) is 36.0 Å². The predicted octanol–water partition coefficient (Wildman–Crippen LogP) is 3.81. The summed E-state index contributed by atoms with van der Waals surface area (Å²) in [4.78, 5) is 14.4. The average Bonchev–Trinajstić information content (AvgIpc) is 3.56. The average molecular weight is 455 g/mol. The van der Waals surface area contributed by atoms with E-state index in [2.05, 4.69) is 10.2 Å². The van der Waals surface area contributed by atoms with Gasteiger partial charge in [-0.25, -0.2) is 4.39 Å². The lowest BCUT2D eigenvalue weighted by Crippen LogP contribution is -2.42. The molecule has 166 valence electrons. The smallest absolute Gasteiger partial charge is 0.232 e. The van der Waals surface area contributed by atoms with Crippen molar-refractivity contribution in [2.24, 2.45) is 0 Å². The standard InChI is InChI=1S/C23H23FN4O3S/c1-27(12-16-13-30-19-8-4-5-9-20(19)31-16)21(29)14-32-23-26-25-22(28(23)15-10-11-15)17-6-2-3-7-18(17)24/h2-9,15-16H,10-14H2,1H3/t16-/m1/s1. The minimum atomic E-state index is -0.328. The molecule has 0 saturated heterocycles. The summed E-state index contributed by atoms with van der Waals surface area (Å²) in [6, 6.07) is 14.3. The van der Waals surface area contributed by atoms with Crippen LogP contribution in [0.1, 0.15) is 18.9 Å². The van der Waals surface area contributed by atoms with Crippen LogP contribution in [0.5, 0.6) is 11.5 Å². The summed E-state index contributed by atoms with van der Waals surface area (Å²) in [6.07, 6.45) is 1.77. The summed E-state index contributed by atoms with van der Waals surface area (Å²) in [5, 5.41) is 9.14. The number of likely N-dealkylation sites (N-methyl/N-ethyl adjacent to an activating group) is 1. The molecule has 1 aliphatic carbocycles. The summed E-state index contributed by atoms with van der Waals surface area (Å²) < 4.78 is 28.0. The summed E-state index contributed by atoms with van der Waals surface area (Å²) in [6.45, 7) is 0.813. The maximum atomic E-state index is 14.3.